The van der Waals surface area contributed by atoms with Gasteiger partial charge in [0, 0.05) is 37.8 Å². The van der Waals surface area contributed by atoms with E-state index in [0.29, 0.717) is 62.0 Å². The van der Waals surface area contributed by atoms with Crippen LogP contribution in [0.5, 0.6) is 5.88 Å². The molecule has 3 aromatic rings. The number of imidazole rings is 1. The molecule has 2 aromatic heterocycles. The average Bonchev–Trinajstić information content (AvgIpc) is 3.58. The number of dihydropyridines is 1. The summed E-state index contributed by atoms with van der Waals surface area (Å²) >= 11 is 0. The Morgan fingerprint density at radius 2 is 1.97 bits per heavy atom. The Morgan fingerprint density at radius 1 is 1.13 bits per heavy atom. The summed E-state index contributed by atoms with van der Waals surface area (Å²) in [4.78, 5) is 32.3. The standard InChI is InChI=1S/C27H29F2N7O3/c28-24(29)25-32-19-5-1-2-7-21(19)36(25)22-16-23(34-27(33-22)35-11-13-38-14-12-35)39-18-9-8-17(15-18)31-26(37)20-6-3-4-10-30-20/h1-5,7,10,16-18,20,24H,6,8-9,11-15H2,(H,31,37)/t17-,18-,20?/m0/s1. The maximum absolute atomic E-state index is 14.1. The van der Waals surface area contributed by atoms with Crippen molar-refractivity contribution in [1.29, 1.82) is 0 Å². The van der Waals surface area contributed by atoms with E-state index < -0.39 is 18.3 Å². The molecule has 1 amide bonds. The molecular weight excluding hydrogens is 508 g/mol. The second-order valence-electron chi connectivity index (χ2n) is 9.79. The van der Waals surface area contributed by atoms with E-state index in [1.54, 1.807) is 36.5 Å². The fourth-order valence-electron chi connectivity index (χ4n) is 5.22. The third kappa shape index (κ3) is 5.47. The van der Waals surface area contributed by atoms with Crippen molar-refractivity contribution in [3.63, 3.8) is 0 Å². The molecule has 1 aliphatic carbocycles. The van der Waals surface area contributed by atoms with E-state index >= 15 is 0 Å². The molecule has 0 radical (unpaired) electrons. The van der Waals surface area contributed by atoms with Gasteiger partial charge in [-0.1, -0.05) is 18.2 Å². The molecule has 12 heteroatoms. The molecule has 1 saturated carbocycles. The van der Waals surface area contributed by atoms with Crippen LogP contribution >= 0.6 is 0 Å². The van der Waals surface area contributed by atoms with Crippen LogP contribution in [0.25, 0.3) is 16.9 Å². The van der Waals surface area contributed by atoms with Crippen molar-refractivity contribution in [2.75, 3.05) is 31.2 Å². The number of amides is 1. The smallest absolute Gasteiger partial charge is 0.296 e. The van der Waals surface area contributed by atoms with E-state index in [0.717, 1.165) is 12.8 Å². The number of aromatic nitrogens is 4. The molecule has 4 heterocycles. The highest BCUT2D eigenvalue weighted by molar-refractivity contribution is 5.86. The Morgan fingerprint density at radius 3 is 2.77 bits per heavy atom. The fraction of sp³-hybridized carbons (Fsp3) is 0.444. The van der Waals surface area contributed by atoms with Crippen LogP contribution in [-0.2, 0) is 9.53 Å². The van der Waals surface area contributed by atoms with Crippen LogP contribution < -0.4 is 15.0 Å². The van der Waals surface area contributed by atoms with Crippen LogP contribution in [0.1, 0.15) is 37.9 Å². The minimum atomic E-state index is -2.80. The molecule has 0 bridgehead atoms. The number of nitrogens with one attached hydrogen (secondary N) is 1. The minimum Gasteiger partial charge on any atom is -0.474 e. The van der Waals surface area contributed by atoms with Crippen molar-refractivity contribution in [2.24, 2.45) is 4.99 Å². The molecule has 6 rings (SSSR count). The number of anilines is 1. The molecule has 0 spiro atoms. The molecular formula is C27H29F2N7O3. The number of carbonyl (C=O) groups excluding carboxylic acids is 1. The Bertz CT molecular complexity index is 1400. The number of morpholine rings is 1. The van der Waals surface area contributed by atoms with E-state index in [9.17, 15) is 13.6 Å². The maximum atomic E-state index is 14.1. The first-order valence-electron chi connectivity index (χ1n) is 13.2. The average molecular weight is 538 g/mol. The van der Waals surface area contributed by atoms with Gasteiger partial charge in [-0.3, -0.25) is 14.4 Å². The number of rotatable bonds is 7. The number of benzene rings is 1. The summed E-state index contributed by atoms with van der Waals surface area (Å²) in [5, 5.41) is 3.08. The zero-order valence-corrected chi connectivity index (χ0v) is 21.2. The number of alkyl halides is 2. The first kappa shape index (κ1) is 25.4. The van der Waals surface area contributed by atoms with Crippen molar-refractivity contribution in [1.82, 2.24) is 24.8 Å². The predicted molar refractivity (Wildman–Crippen MR) is 141 cm³/mol. The van der Waals surface area contributed by atoms with E-state index in [2.05, 4.69) is 25.3 Å². The van der Waals surface area contributed by atoms with Gasteiger partial charge in [-0.15, -0.1) is 0 Å². The van der Waals surface area contributed by atoms with Gasteiger partial charge < -0.3 is 19.7 Å². The van der Waals surface area contributed by atoms with Gasteiger partial charge in [-0.2, -0.15) is 9.97 Å². The summed E-state index contributed by atoms with van der Waals surface area (Å²) in [7, 11) is 0. The van der Waals surface area contributed by atoms with Crippen molar-refractivity contribution < 1.29 is 23.0 Å². The molecule has 3 aliphatic rings. The number of ether oxygens (including phenoxy) is 2. The Kier molecular flexibility index (Phi) is 7.18. The molecule has 3 atom stereocenters. The zero-order valence-electron chi connectivity index (χ0n) is 21.2. The number of hydrogen-bond donors (Lipinski definition) is 1. The number of carbonyl (C=O) groups is 1. The number of aliphatic imine (C=N–C) groups is 1. The molecule has 39 heavy (non-hydrogen) atoms. The Balaban J connectivity index is 1.27. The van der Waals surface area contributed by atoms with Gasteiger partial charge in [0.05, 0.1) is 24.2 Å². The molecule has 204 valence electrons. The molecule has 2 fully saturated rings. The van der Waals surface area contributed by atoms with Gasteiger partial charge in [0.15, 0.2) is 5.82 Å². The molecule has 1 aromatic carbocycles. The lowest BCUT2D eigenvalue weighted by Crippen LogP contribution is -2.40. The van der Waals surface area contributed by atoms with Crippen molar-refractivity contribution in [3.05, 3.63) is 48.3 Å². The lowest BCUT2D eigenvalue weighted by atomic mass is 10.1. The van der Waals surface area contributed by atoms with E-state index in [1.165, 1.54) is 4.57 Å². The van der Waals surface area contributed by atoms with Gasteiger partial charge in [-0.25, -0.2) is 13.8 Å². The van der Waals surface area contributed by atoms with Crippen LogP contribution in [0.3, 0.4) is 0 Å². The molecule has 2 aliphatic heterocycles. The van der Waals surface area contributed by atoms with Crippen LogP contribution in [0, 0.1) is 0 Å². The molecule has 10 nitrogen and oxygen atoms in total. The number of para-hydroxylation sites is 2. The normalized spacial score (nSPS) is 23.1. The summed E-state index contributed by atoms with van der Waals surface area (Å²) in [6, 6.07) is 8.12. The SMILES string of the molecule is O=C(N[C@H]1CC[C@H](Oc2cc(-n3c(C(F)F)nc4ccccc43)nc(N3CCOCC3)n2)C1)C1CC=CC=N1. The van der Waals surface area contributed by atoms with Gasteiger partial charge in [0.1, 0.15) is 18.0 Å². The summed E-state index contributed by atoms with van der Waals surface area (Å²) in [5.41, 5.74) is 0.975. The monoisotopic (exact) mass is 537 g/mol. The third-order valence-electron chi connectivity index (χ3n) is 7.15. The highest BCUT2D eigenvalue weighted by Crippen LogP contribution is 2.31. The highest BCUT2D eigenvalue weighted by Gasteiger charge is 2.30. The topological polar surface area (TPSA) is 107 Å². The van der Waals surface area contributed by atoms with Crippen molar-refractivity contribution in [3.8, 4) is 11.7 Å². The van der Waals surface area contributed by atoms with E-state index in [4.69, 9.17) is 9.47 Å². The van der Waals surface area contributed by atoms with Crippen molar-refractivity contribution >= 4 is 29.1 Å². The van der Waals surface area contributed by atoms with Gasteiger partial charge in [-0.05, 0) is 37.5 Å². The van der Waals surface area contributed by atoms with Crippen LogP contribution in [-0.4, -0.2) is 76.1 Å². The van der Waals surface area contributed by atoms with Gasteiger partial charge in [0.25, 0.3) is 6.43 Å². The predicted octanol–water partition coefficient (Wildman–Crippen LogP) is 3.41. The Labute approximate surface area is 223 Å². The molecule has 1 N–H and O–H groups in total. The summed E-state index contributed by atoms with van der Waals surface area (Å²) < 4.78 is 41.3. The first-order valence-corrected chi connectivity index (χ1v) is 13.2. The second-order valence-corrected chi connectivity index (χ2v) is 9.79. The molecule has 1 saturated heterocycles. The van der Waals surface area contributed by atoms with Crippen LogP contribution in [0.4, 0.5) is 14.7 Å². The lowest BCUT2D eigenvalue weighted by Gasteiger charge is -2.27. The largest absolute Gasteiger partial charge is 0.474 e. The van der Waals surface area contributed by atoms with Gasteiger partial charge >= 0.3 is 0 Å². The van der Waals surface area contributed by atoms with E-state index in [1.807, 2.05) is 17.1 Å². The second kappa shape index (κ2) is 11.0. The summed E-state index contributed by atoms with van der Waals surface area (Å²) in [5.74, 6) is 0.453. The van der Waals surface area contributed by atoms with Gasteiger partial charge in [0.2, 0.25) is 17.7 Å². The number of fused-ring (bicyclic) bond motifs is 1. The van der Waals surface area contributed by atoms with Crippen LogP contribution in [0.15, 0.2) is 47.5 Å². The zero-order chi connectivity index (χ0) is 26.8. The number of hydrogen-bond acceptors (Lipinski definition) is 8. The van der Waals surface area contributed by atoms with Crippen LogP contribution in [0.2, 0.25) is 0 Å². The minimum absolute atomic E-state index is 0.0355. The van der Waals surface area contributed by atoms with E-state index in [-0.39, 0.29) is 23.9 Å². The summed E-state index contributed by atoms with van der Waals surface area (Å²) in [6.45, 7) is 2.19. The number of allylic oxidation sites excluding steroid dienone is 1. The lowest BCUT2D eigenvalue weighted by molar-refractivity contribution is -0.122. The third-order valence-corrected chi connectivity index (χ3v) is 7.15. The Hall–Kier alpha value is -3.93. The first-order chi connectivity index (χ1) is 19.0. The maximum Gasteiger partial charge on any atom is 0.296 e. The summed E-state index contributed by atoms with van der Waals surface area (Å²) in [6.07, 6.45) is 5.11. The highest BCUT2D eigenvalue weighted by atomic mass is 19.3. The quantitative estimate of drug-likeness (QED) is 0.492. The van der Waals surface area contributed by atoms with Crippen molar-refractivity contribution in [2.45, 2.75) is 50.3 Å². The fourth-order valence-corrected chi connectivity index (χ4v) is 5.22. The number of halogens is 2. The number of nitrogens with zero attached hydrogens (tertiary/aromatic N) is 6. The molecule has 1 unspecified atom stereocenters.